The highest BCUT2D eigenvalue weighted by molar-refractivity contribution is 6.43. The van der Waals surface area contributed by atoms with Gasteiger partial charge in [-0.25, -0.2) is 5.10 Å². The van der Waals surface area contributed by atoms with Gasteiger partial charge in [-0.2, -0.15) is 4.98 Å². The van der Waals surface area contributed by atoms with Crippen LogP contribution >= 0.6 is 46.4 Å². The number of anilines is 3. The molecule has 0 atom stereocenters. The van der Waals surface area contributed by atoms with Gasteiger partial charge in [0.1, 0.15) is 0 Å². The van der Waals surface area contributed by atoms with Crippen molar-refractivity contribution in [2.75, 3.05) is 11.1 Å². The van der Waals surface area contributed by atoms with Gasteiger partial charge in [0.25, 0.3) is 0 Å². The van der Waals surface area contributed by atoms with E-state index in [4.69, 9.17) is 52.1 Å². The quantitative estimate of drug-likeness (QED) is 0.560. The highest BCUT2D eigenvalue weighted by atomic mass is 35.5. The van der Waals surface area contributed by atoms with Crippen LogP contribution in [0.5, 0.6) is 0 Å². The number of hydrogen-bond donors (Lipinski definition) is 3. The molecule has 9 heteroatoms. The number of H-pyrrole nitrogens is 1. The van der Waals surface area contributed by atoms with E-state index in [0.717, 1.165) is 5.56 Å². The Morgan fingerprint density at radius 2 is 1.61 bits per heavy atom. The molecule has 2 aromatic carbocycles. The zero-order chi connectivity index (χ0) is 16.6. The maximum absolute atomic E-state index is 6.36. The summed E-state index contributed by atoms with van der Waals surface area (Å²) in [6.07, 6.45) is 0. The number of aromatic nitrogens is 3. The van der Waals surface area contributed by atoms with E-state index in [9.17, 15) is 0 Å². The third kappa shape index (κ3) is 3.48. The molecule has 0 radical (unpaired) electrons. The van der Waals surface area contributed by atoms with Crippen molar-refractivity contribution in [2.24, 2.45) is 0 Å². The average Bonchev–Trinajstić information content (AvgIpc) is 2.87. The molecule has 0 amide bonds. The van der Waals surface area contributed by atoms with E-state index in [1.54, 1.807) is 30.3 Å². The molecule has 0 fully saturated rings. The number of nitrogens with zero attached hydrogens (tertiary/aromatic N) is 2. The Kier molecular flexibility index (Phi) is 4.55. The molecule has 118 valence electrons. The van der Waals surface area contributed by atoms with Crippen LogP contribution in [0.2, 0.25) is 20.1 Å². The maximum atomic E-state index is 6.36. The number of aromatic amines is 1. The lowest BCUT2D eigenvalue weighted by molar-refractivity contribution is 1.10. The number of rotatable bonds is 3. The van der Waals surface area contributed by atoms with Gasteiger partial charge in [-0.05, 0) is 29.8 Å². The third-order valence-corrected chi connectivity index (χ3v) is 4.34. The van der Waals surface area contributed by atoms with Crippen LogP contribution in [0.1, 0.15) is 0 Å². The number of hydrogen-bond acceptors (Lipinski definition) is 4. The van der Waals surface area contributed by atoms with E-state index in [1.165, 1.54) is 0 Å². The predicted molar refractivity (Wildman–Crippen MR) is 96.0 cm³/mol. The largest absolute Gasteiger partial charge is 0.368 e. The SMILES string of the molecule is Nc1nc(Nc2cc(Cl)c(-c3ccc(Cl)c(Cl)c3)c(Cl)c2)n[nH]1. The van der Waals surface area contributed by atoms with Crippen molar-refractivity contribution in [3.8, 4) is 11.1 Å². The predicted octanol–water partition coefficient (Wildman–Crippen LogP) is 5.41. The molecule has 3 aromatic rings. The topological polar surface area (TPSA) is 79.6 Å². The minimum atomic E-state index is 0.206. The Morgan fingerprint density at radius 1 is 0.913 bits per heavy atom. The molecule has 0 unspecified atom stereocenters. The molecule has 3 rings (SSSR count). The van der Waals surface area contributed by atoms with Gasteiger partial charge in [0.05, 0.1) is 20.1 Å². The van der Waals surface area contributed by atoms with Crippen molar-refractivity contribution < 1.29 is 0 Å². The smallest absolute Gasteiger partial charge is 0.248 e. The van der Waals surface area contributed by atoms with Crippen LogP contribution in [0.15, 0.2) is 30.3 Å². The van der Waals surface area contributed by atoms with Crippen LogP contribution in [0, 0.1) is 0 Å². The van der Waals surface area contributed by atoms with Crippen LogP contribution in [0.4, 0.5) is 17.6 Å². The third-order valence-electron chi connectivity index (χ3n) is 3.01. The minimum Gasteiger partial charge on any atom is -0.368 e. The highest BCUT2D eigenvalue weighted by Gasteiger charge is 2.13. The second-order valence-electron chi connectivity index (χ2n) is 4.61. The Hall–Kier alpha value is -1.66. The standard InChI is InChI=1S/C14H9Cl4N5/c15-8-2-1-6(3-9(8)16)12-10(17)4-7(5-11(12)18)20-14-21-13(19)22-23-14/h1-5H,(H4,19,20,21,22,23). The fourth-order valence-corrected chi connectivity index (χ4v) is 3.04. The first-order chi connectivity index (χ1) is 10.9. The number of benzene rings is 2. The minimum absolute atomic E-state index is 0.206. The lowest BCUT2D eigenvalue weighted by Crippen LogP contribution is -1.94. The molecule has 5 nitrogen and oxygen atoms in total. The summed E-state index contributed by atoms with van der Waals surface area (Å²) in [5.74, 6) is 0.522. The normalized spacial score (nSPS) is 10.8. The molecule has 0 spiro atoms. The van der Waals surface area contributed by atoms with Crippen molar-refractivity contribution in [2.45, 2.75) is 0 Å². The summed E-state index contributed by atoms with van der Waals surface area (Å²) in [5, 5.41) is 11.1. The number of halogens is 4. The molecule has 1 aromatic heterocycles. The monoisotopic (exact) mass is 387 g/mol. The first kappa shape index (κ1) is 16.2. The van der Waals surface area contributed by atoms with E-state index in [1.807, 2.05) is 0 Å². The molecule has 0 bridgehead atoms. The van der Waals surface area contributed by atoms with E-state index in [2.05, 4.69) is 20.5 Å². The molecule has 0 aliphatic heterocycles. The van der Waals surface area contributed by atoms with Gasteiger partial charge in [-0.1, -0.05) is 52.5 Å². The van der Waals surface area contributed by atoms with Gasteiger partial charge in [0, 0.05) is 11.3 Å². The number of nitrogens with one attached hydrogen (secondary N) is 2. The zero-order valence-electron chi connectivity index (χ0n) is 11.4. The molecule has 0 aliphatic carbocycles. The average molecular weight is 389 g/mol. The Balaban J connectivity index is 1.98. The van der Waals surface area contributed by atoms with Crippen molar-refractivity contribution in [3.63, 3.8) is 0 Å². The van der Waals surface area contributed by atoms with E-state index in [0.29, 0.717) is 37.3 Å². The van der Waals surface area contributed by atoms with Gasteiger partial charge in [-0.15, -0.1) is 5.10 Å². The summed E-state index contributed by atoms with van der Waals surface area (Å²) in [5.41, 5.74) is 7.53. The lowest BCUT2D eigenvalue weighted by Gasteiger charge is -2.11. The summed E-state index contributed by atoms with van der Waals surface area (Å²) in [7, 11) is 0. The van der Waals surface area contributed by atoms with Crippen LogP contribution in [0.25, 0.3) is 11.1 Å². The molecule has 4 N–H and O–H groups in total. The second-order valence-corrected chi connectivity index (χ2v) is 6.24. The van der Waals surface area contributed by atoms with Crippen LogP contribution in [0.3, 0.4) is 0 Å². The van der Waals surface area contributed by atoms with Gasteiger partial charge in [-0.3, -0.25) is 0 Å². The fourth-order valence-electron chi connectivity index (χ4n) is 2.03. The molecule has 0 aliphatic rings. The van der Waals surface area contributed by atoms with E-state index in [-0.39, 0.29) is 5.95 Å². The summed E-state index contributed by atoms with van der Waals surface area (Å²) < 4.78 is 0. The first-order valence-electron chi connectivity index (χ1n) is 6.33. The van der Waals surface area contributed by atoms with Gasteiger partial charge >= 0.3 is 0 Å². The number of nitrogen functional groups attached to an aromatic ring is 1. The van der Waals surface area contributed by atoms with E-state index >= 15 is 0 Å². The Labute approximate surface area is 151 Å². The lowest BCUT2D eigenvalue weighted by atomic mass is 10.1. The van der Waals surface area contributed by atoms with Crippen LogP contribution in [-0.2, 0) is 0 Å². The van der Waals surface area contributed by atoms with Crippen molar-refractivity contribution in [1.29, 1.82) is 0 Å². The summed E-state index contributed by atoms with van der Waals surface area (Å²) in [6.45, 7) is 0. The molecule has 0 saturated carbocycles. The van der Waals surface area contributed by atoms with Crippen LogP contribution < -0.4 is 11.1 Å². The number of nitrogens with two attached hydrogens (primary N) is 1. The van der Waals surface area contributed by atoms with Crippen molar-refractivity contribution >= 4 is 64.0 Å². The van der Waals surface area contributed by atoms with Gasteiger partial charge in [0.15, 0.2) is 0 Å². The second kappa shape index (κ2) is 6.45. The summed E-state index contributed by atoms with van der Waals surface area (Å²) in [6, 6.07) is 8.61. The molecule has 0 saturated heterocycles. The molecule has 1 heterocycles. The van der Waals surface area contributed by atoms with Crippen LogP contribution in [-0.4, -0.2) is 15.2 Å². The first-order valence-corrected chi connectivity index (χ1v) is 7.84. The molecular weight excluding hydrogens is 380 g/mol. The fraction of sp³-hybridized carbons (Fsp3) is 0. The van der Waals surface area contributed by atoms with Crippen molar-refractivity contribution in [1.82, 2.24) is 15.2 Å². The molecule has 23 heavy (non-hydrogen) atoms. The summed E-state index contributed by atoms with van der Waals surface area (Å²) >= 11 is 24.7. The summed E-state index contributed by atoms with van der Waals surface area (Å²) in [4.78, 5) is 3.95. The van der Waals surface area contributed by atoms with E-state index < -0.39 is 0 Å². The van der Waals surface area contributed by atoms with Crippen molar-refractivity contribution in [3.05, 3.63) is 50.4 Å². The van der Waals surface area contributed by atoms with Gasteiger partial charge in [0.2, 0.25) is 11.9 Å². The maximum Gasteiger partial charge on any atom is 0.248 e. The zero-order valence-corrected chi connectivity index (χ0v) is 14.4. The van der Waals surface area contributed by atoms with Gasteiger partial charge < -0.3 is 11.1 Å². The highest BCUT2D eigenvalue weighted by Crippen LogP contribution is 2.39. The Morgan fingerprint density at radius 3 is 2.17 bits per heavy atom. The molecular formula is C14H9Cl4N5. The Bertz CT molecular complexity index is 854.